The van der Waals surface area contributed by atoms with Gasteiger partial charge in [0.15, 0.2) is 0 Å². The Morgan fingerprint density at radius 3 is 2.78 bits per heavy atom. The van der Waals surface area contributed by atoms with Gasteiger partial charge in [-0.15, -0.1) is 10.2 Å². The fourth-order valence-corrected chi connectivity index (χ4v) is 2.63. The van der Waals surface area contributed by atoms with Gasteiger partial charge in [-0.3, -0.25) is 8.78 Å². The lowest BCUT2D eigenvalue weighted by Gasteiger charge is -2.02. The van der Waals surface area contributed by atoms with Crippen LogP contribution in [-0.2, 0) is 17.3 Å². The molecule has 2 aromatic heterocycles. The molecule has 1 aromatic carbocycles. The molecule has 0 aliphatic carbocycles. The van der Waals surface area contributed by atoms with E-state index < -0.39 is 10.8 Å². The standard InChI is InChI=1S/C14H15N5O3S/c1-3-21-11-6-4-10(5-7-11)13-16-12(22-18-13)8-19-9-15-17-14(19)23(2)20/h4-7,9H,3,8H2,1-2H3/t23-/m0/s1. The Morgan fingerprint density at radius 2 is 2.09 bits per heavy atom. The fraction of sp³-hybridized carbons (Fsp3) is 0.286. The molecule has 8 nitrogen and oxygen atoms in total. The molecule has 0 N–H and O–H groups in total. The first-order chi connectivity index (χ1) is 11.2. The Hall–Kier alpha value is -2.55. The zero-order valence-corrected chi connectivity index (χ0v) is 13.5. The Balaban J connectivity index is 1.77. The number of nitrogens with zero attached hydrogens (tertiary/aromatic N) is 5. The first kappa shape index (κ1) is 15.3. The summed E-state index contributed by atoms with van der Waals surface area (Å²) in [5, 5.41) is 11.9. The van der Waals surface area contributed by atoms with E-state index in [-0.39, 0.29) is 6.54 Å². The second kappa shape index (κ2) is 6.69. The Morgan fingerprint density at radius 1 is 1.30 bits per heavy atom. The van der Waals surface area contributed by atoms with Crippen LogP contribution in [0.5, 0.6) is 5.75 Å². The van der Waals surface area contributed by atoms with E-state index in [1.165, 1.54) is 6.33 Å². The van der Waals surface area contributed by atoms with Crippen LogP contribution in [0.3, 0.4) is 0 Å². The molecule has 0 saturated heterocycles. The van der Waals surface area contributed by atoms with E-state index in [1.54, 1.807) is 10.8 Å². The van der Waals surface area contributed by atoms with E-state index in [1.807, 2.05) is 31.2 Å². The van der Waals surface area contributed by atoms with Crippen LogP contribution in [0.2, 0.25) is 0 Å². The van der Waals surface area contributed by atoms with Gasteiger partial charge >= 0.3 is 0 Å². The summed E-state index contributed by atoms with van der Waals surface area (Å²) in [4.78, 5) is 4.34. The van der Waals surface area contributed by atoms with Gasteiger partial charge in [-0.1, -0.05) is 5.16 Å². The van der Waals surface area contributed by atoms with Crippen LogP contribution >= 0.6 is 0 Å². The first-order valence-electron chi connectivity index (χ1n) is 6.94. The monoisotopic (exact) mass is 333 g/mol. The van der Waals surface area contributed by atoms with Gasteiger partial charge in [0.05, 0.1) is 17.4 Å². The van der Waals surface area contributed by atoms with E-state index in [0.717, 1.165) is 11.3 Å². The lowest BCUT2D eigenvalue weighted by Crippen LogP contribution is -2.05. The fourth-order valence-electron chi connectivity index (χ4n) is 2.02. The number of hydrogen-bond donors (Lipinski definition) is 0. The van der Waals surface area contributed by atoms with Crippen LogP contribution in [0, 0.1) is 0 Å². The number of benzene rings is 1. The molecular formula is C14H15N5O3S. The summed E-state index contributed by atoms with van der Waals surface area (Å²) in [6.45, 7) is 2.82. The summed E-state index contributed by atoms with van der Waals surface area (Å²) in [5.41, 5.74) is 0.825. The molecule has 0 radical (unpaired) electrons. The normalized spacial score (nSPS) is 12.3. The van der Waals surface area contributed by atoms with Crippen LogP contribution in [0.25, 0.3) is 11.4 Å². The molecule has 0 fully saturated rings. The third-order valence-corrected chi connectivity index (χ3v) is 3.86. The number of rotatable bonds is 6. The van der Waals surface area contributed by atoms with Crippen LogP contribution < -0.4 is 4.74 Å². The molecule has 0 aliphatic heterocycles. The molecule has 9 heteroatoms. The van der Waals surface area contributed by atoms with Crippen LogP contribution in [0.15, 0.2) is 40.3 Å². The zero-order chi connectivity index (χ0) is 16.2. The van der Waals surface area contributed by atoms with Crippen molar-refractivity contribution in [3.63, 3.8) is 0 Å². The summed E-state index contributed by atoms with van der Waals surface area (Å²) in [6, 6.07) is 7.44. The van der Waals surface area contributed by atoms with Gasteiger partial charge < -0.3 is 9.26 Å². The minimum Gasteiger partial charge on any atom is -0.494 e. The highest BCUT2D eigenvalue weighted by Gasteiger charge is 2.13. The van der Waals surface area contributed by atoms with Gasteiger partial charge in [0.1, 0.15) is 18.6 Å². The Bertz CT molecular complexity index is 812. The van der Waals surface area contributed by atoms with Crippen LogP contribution in [0.1, 0.15) is 12.8 Å². The van der Waals surface area contributed by atoms with Gasteiger partial charge in [-0.25, -0.2) is 0 Å². The van der Waals surface area contributed by atoms with Crippen LogP contribution in [-0.4, -0.2) is 42.0 Å². The minimum atomic E-state index is -1.23. The summed E-state index contributed by atoms with van der Waals surface area (Å²) in [5.74, 6) is 1.66. The molecular weight excluding hydrogens is 318 g/mol. The molecule has 0 aliphatic rings. The van der Waals surface area contributed by atoms with E-state index in [9.17, 15) is 4.21 Å². The molecule has 0 amide bonds. The van der Waals surface area contributed by atoms with Crippen molar-refractivity contribution in [2.75, 3.05) is 12.9 Å². The van der Waals surface area contributed by atoms with Gasteiger partial charge in [0.25, 0.3) is 0 Å². The summed E-state index contributed by atoms with van der Waals surface area (Å²) in [6.07, 6.45) is 3.02. The van der Waals surface area contributed by atoms with Crippen molar-refractivity contribution in [3.8, 4) is 17.1 Å². The molecule has 3 rings (SSSR count). The highest BCUT2D eigenvalue weighted by molar-refractivity contribution is 7.84. The quantitative estimate of drug-likeness (QED) is 0.674. The van der Waals surface area contributed by atoms with Crippen molar-refractivity contribution < 1.29 is 13.5 Å². The lowest BCUT2D eigenvalue weighted by molar-refractivity contribution is 0.340. The maximum Gasteiger partial charge on any atom is 0.247 e. The minimum absolute atomic E-state index is 0.270. The van der Waals surface area contributed by atoms with Crippen molar-refractivity contribution in [2.45, 2.75) is 18.6 Å². The van der Waals surface area contributed by atoms with Gasteiger partial charge in [-0.05, 0) is 31.2 Å². The molecule has 0 unspecified atom stereocenters. The second-order valence-corrected chi connectivity index (χ2v) is 5.94. The summed E-state index contributed by atoms with van der Waals surface area (Å²) < 4.78 is 23.8. The molecule has 0 bridgehead atoms. The van der Waals surface area contributed by atoms with Crippen LogP contribution in [0.4, 0.5) is 0 Å². The highest BCUT2D eigenvalue weighted by Crippen LogP contribution is 2.20. The van der Waals surface area contributed by atoms with Crippen molar-refractivity contribution in [2.24, 2.45) is 0 Å². The average molecular weight is 333 g/mol. The third kappa shape index (κ3) is 3.45. The Labute approximate surface area is 135 Å². The van der Waals surface area contributed by atoms with Crippen molar-refractivity contribution in [1.82, 2.24) is 24.9 Å². The van der Waals surface area contributed by atoms with E-state index in [0.29, 0.717) is 23.5 Å². The van der Waals surface area contributed by atoms with E-state index >= 15 is 0 Å². The zero-order valence-electron chi connectivity index (χ0n) is 12.7. The highest BCUT2D eigenvalue weighted by atomic mass is 32.2. The SMILES string of the molecule is CCOc1ccc(-c2noc(Cn3cnnc3[S@](C)=O)n2)cc1. The lowest BCUT2D eigenvalue weighted by atomic mass is 10.2. The number of aromatic nitrogens is 5. The van der Waals surface area contributed by atoms with Gasteiger partial charge in [0, 0.05) is 11.8 Å². The third-order valence-electron chi connectivity index (χ3n) is 3.03. The molecule has 1 atom stereocenters. The van der Waals surface area contributed by atoms with Crippen molar-refractivity contribution in [1.29, 1.82) is 0 Å². The average Bonchev–Trinajstić information content (AvgIpc) is 3.18. The van der Waals surface area contributed by atoms with E-state index in [2.05, 4.69) is 20.3 Å². The predicted molar refractivity (Wildman–Crippen MR) is 82.4 cm³/mol. The molecule has 23 heavy (non-hydrogen) atoms. The van der Waals surface area contributed by atoms with Crippen molar-refractivity contribution in [3.05, 3.63) is 36.5 Å². The summed E-state index contributed by atoms with van der Waals surface area (Å²) >= 11 is 0. The van der Waals surface area contributed by atoms with Gasteiger partial charge in [-0.2, -0.15) is 4.98 Å². The largest absolute Gasteiger partial charge is 0.494 e. The maximum absolute atomic E-state index is 11.5. The van der Waals surface area contributed by atoms with Gasteiger partial charge in [0.2, 0.25) is 16.9 Å². The smallest absolute Gasteiger partial charge is 0.247 e. The van der Waals surface area contributed by atoms with Crippen molar-refractivity contribution >= 4 is 10.8 Å². The Kier molecular flexibility index (Phi) is 4.47. The molecule has 0 spiro atoms. The van der Waals surface area contributed by atoms with E-state index in [4.69, 9.17) is 9.26 Å². The second-order valence-electron chi connectivity index (χ2n) is 4.66. The first-order valence-corrected chi connectivity index (χ1v) is 8.50. The predicted octanol–water partition coefficient (Wildman–Crippen LogP) is 1.51. The topological polar surface area (TPSA) is 95.9 Å². The number of ether oxygens (including phenoxy) is 1. The maximum atomic E-state index is 11.5. The summed E-state index contributed by atoms with van der Waals surface area (Å²) in [7, 11) is -1.23. The molecule has 0 saturated carbocycles. The number of hydrogen-bond acceptors (Lipinski definition) is 7. The molecule has 3 aromatic rings. The molecule has 2 heterocycles. The molecule has 120 valence electrons.